The van der Waals surface area contributed by atoms with Gasteiger partial charge in [0.2, 0.25) is 0 Å². The summed E-state index contributed by atoms with van der Waals surface area (Å²) in [4.78, 5) is 0. The Morgan fingerprint density at radius 2 is 2.17 bits per heavy atom. The molecule has 2 fully saturated rings. The second-order valence-corrected chi connectivity index (χ2v) is 4.22. The van der Waals surface area contributed by atoms with Crippen molar-refractivity contribution in [1.82, 2.24) is 0 Å². The smallest absolute Gasteiger partial charge is 0.0784 e. The van der Waals surface area contributed by atoms with Crippen molar-refractivity contribution < 1.29 is 9.84 Å². The van der Waals surface area contributed by atoms with Crippen LogP contribution in [-0.2, 0) is 4.74 Å². The van der Waals surface area contributed by atoms with E-state index in [1.165, 1.54) is 0 Å². The highest BCUT2D eigenvalue weighted by molar-refractivity contribution is 5.11. The van der Waals surface area contributed by atoms with E-state index >= 15 is 0 Å². The number of hydrogen-bond acceptors (Lipinski definition) is 2. The molecule has 4 rings (SSSR count). The molecule has 4 aliphatic rings. The van der Waals surface area contributed by atoms with E-state index in [4.69, 9.17) is 4.74 Å². The van der Waals surface area contributed by atoms with Gasteiger partial charge in [-0.1, -0.05) is 12.2 Å². The highest BCUT2D eigenvalue weighted by Crippen LogP contribution is 2.44. The van der Waals surface area contributed by atoms with Gasteiger partial charge in [-0.3, -0.25) is 0 Å². The van der Waals surface area contributed by atoms with Crippen LogP contribution in [0.4, 0.5) is 0 Å². The summed E-state index contributed by atoms with van der Waals surface area (Å²) in [5.41, 5.74) is 0. The summed E-state index contributed by atoms with van der Waals surface area (Å²) in [7, 11) is 0. The van der Waals surface area contributed by atoms with Crippen LogP contribution in [0.3, 0.4) is 0 Å². The van der Waals surface area contributed by atoms with Crippen LogP contribution >= 0.6 is 0 Å². The Morgan fingerprint density at radius 3 is 3.08 bits per heavy atom. The van der Waals surface area contributed by atoms with Gasteiger partial charge in [0.1, 0.15) is 0 Å². The summed E-state index contributed by atoms with van der Waals surface area (Å²) in [6.07, 6.45) is 8.01. The molecular formula is C10H14O2. The van der Waals surface area contributed by atoms with Crippen LogP contribution in [0.25, 0.3) is 0 Å². The third kappa shape index (κ3) is 0.824. The van der Waals surface area contributed by atoms with Crippen molar-refractivity contribution in [1.29, 1.82) is 0 Å². The SMILES string of the molecule is OC1CC2C=C[C@H]3C(CC[C@@H]13)O2. The lowest BCUT2D eigenvalue weighted by Gasteiger charge is -2.24. The first-order valence-electron chi connectivity index (χ1n) is 4.86. The predicted molar refractivity (Wildman–Crippen MR) is 44.6 cm³/mol. The molecule has 2 aliphatic carbocycles. The normalized spacial score (nSPS) is 55.9. The lowest BCUT2D eigenvalue weighted by Crippen LogP contribution is -2.25. The molecule has 5 atom stereocenters. The van der Waals surface area contributed by atoms with Crippen LogP contribution in [-0.4, -0.2) is 23.4 Å². The Hall–Kier alpha value is -0.340. The fourth-order valence-electron chi connectivity index (χ4n) is 2.96. The van der Waals surface area contributed by atoms with Crippen molar-refractivity contribution in [2.45, 2.75) is 37.6 Å². The fraction of sp³-hybridized carbons (Fsp3) is 0.800. The predicted octanol–water partition coefficient (Wildman–Crippen LogP) is 1.10. The van der Waals surface area contributed by atoms with E-state index in [-0.39, 0.29) is 12.2 Å². The number of hydrogen-bond donors (Lipinski definition) is 1. The van der Waals surface area contributed by atoms with Crippen molar-refractivity contribution in [3.63, 3.8) is 0 Å². The van der Waals surface area contributed by atoms with Gasteiger partial charge < -0.3 is 9.84 Å². The quantitative estimate of drug-likeness (QED) is 0.546. The lowest BCUT2D eigenvalue weighted by molar-refractivity contribution is -0.00928. The Morgan fingerprint density at radius 1 is 1.25 bits per heavy atom. The second kappa shape index (κ2) is 2.33. The molecule has 0 aromatic rings. The molecule has 1 saturated carbocycles. The molecule has 0 radical (unpaired) electrons. The molecule has 0 spiro atoms. The maximum Gasteiger partial charge on any atom is 0.0784 e. The standard InChI is InChI=1S/C10H14O2/c11-9-5-6-1-2-8-7(9)3-4-10(8)12-6/h1-2,6-11H,3-5H2/t6?,7-,8-,9?,10?/m1/s1. The molecule has 2 heterocycles. The van der Waals surface area contributed by atoms with Crippen molar-refractivity contribution in [3.05, 3.63) is 12.2 Å². The molecule has 66 valence electrons. The lowest BCUT2D eigenvalue weighted by atomic mass is 9.90. The molecule has 2 aliphatic heterocycles. The Bertz CT molecular complexity index is 222. The van der Waals surface area contributed by atoms with Crippen LogP contribution in [0.2, 0.25) is 0 Å². The van der Waals surface area contributed by atoms with Gasteiger partial charge in [0, 0.05) is 12.3 Å². The van der Waals surface area contributed by atoms with Gasteiger partial charge in [-0.2, -0.15) is 0 Å². The Labute approximate surface area is 72.2 Å². The van der Waals surface area contributed by atoms with Crippen molar-refractivity contribution in [2.75, 3.05) is 0 Å². The number of rotatable bonds is 0. The number of aliphatic hydroxyl groups is 1. The second-order valence-electron chi connectivity index (χ2n) is 4.22. The molecule has 0 aromatic carbocycles. The molecule has 1 N–H and O–H groups in total. The Kier molecular flexibility index (Phi) is 1.38. The first-order valence-corrected chi connectivity index (χ1v) is 4.86. The van der Waals surface area contributed by atoms with Crippen LogP contribution in [0, 0.1) is 11.8 Å². The molecule has 12 heavy (non-hydrogen) atoms. The topological polar surface area (TPSA) is 29.5 Å². The number of fused-ring (bicyclic) bond motifs is 1. The summed E-state index contributed by atoms with van der Waals surface area (Å²) >= 11 is 0. The van der Waals surface area contributed by atoms with Crippen LogP contribution < -0.4 is 0 Å². The minimum absolute atomic E-state index is 0.123. The van der Waals surface area contributed by atoms with Crippen molar-refractivity contribution in [3.8, 4) is 0 Å². The Balaban J connectivity index is 2.00. The minimum Gasteiger partial charge on any atom is -0.393 e. The minimum atomic E-state index is -0.123. The van der Waals surface area contributed by atoms with Gasteiger partial charge in [0.15, 0.2) is 0 Å². The van der Waals surface area contributed by atoms with E-state index in [0.29, 0.717) is 17.9 Å². The fourth-order valence-corrected chi connectivity index (χ4v) is 2.96. The zero-order valence-corrected chi connectivity index (χ0v) is 7.02. The summed E-state index contributed by atoms with van der Waals surface area (Å²) in [6.45, 7) is 0. The summed E-state index contributed by atoms with van der Waals surface area (Å²) in [6, 6.07) is 0. The molecular weight excluding hydrogens is 152 g/mol. The van der Waals surface area contributed by atoms with E-state index in [9.17, 15) is 5.11 Å². The third-order valence-corrected chi connectivity index (χ3v) is 3.57. The third-order valence-electron chi connectivity index (χ3n) is 3.57. The average molecular weight is 166 g/mol. The zero-order valence-electron chi connectivity index (χ0n) is 7.02. The maximum absolute atomic E-state index is 9.84. The number of aliphatic hydroxyl groups excluding tert-OH is 1. The largest absolute Gasteiger partial charge is 0.393 e. The molecule has 0 aromatic heterocycles. The van der Waals surface area contributed by atoms with E-state index < -0.39 is 0 Å². The average Bonchev–Trinajstić information content (AvgIpc) is 2.34. The van der Waals surface area contributed by atoms with Crippen molar-refractivity contribution >= 4 is 0 Å². The van der Waals surface area contributed by atoms with Gasteiger partial charge in [0.05, 0.1) is 18.3 Å². The molecule has 2 heteroatoms. The molecule has 0 amide bonds. The molecule has 4 bridgehead atoms. The van der Waals surface area contributed by atoms with E-state index in [1.54, 1.807) is 0 Å². The monoisotopic (exact) mass is 166 g/mol. The first kappa shape index (κ1) is 7.10. The van der Waals surface area contributed by atoms with Crippen LogP contribution in [0.5, 0.6) is 0 Å². The van der Waals surface area contributed by atoms with Crippen LogP contribution in [0.15, 0.2) is 12.2 Å². The van der Waals surface area contributed by atoms with Crippen LogP contribution in [0.1, 0.15) is 19.3 Å². The van der Waals surface area contributed by atoms with Gasteiger partial charge in [0.25, 0.3) is 0 Å². The van der Waals surface area contributed by atoms with Gasteiger partial charge in [-0.15, -0.1) is 0 Å². The van der Waals surface area contributed by atoms with Gasteiger partial charge >= 0.3 is 0 Å². The first-order chi connectivity index (χ1) is 5.84. The number of ether oxygens (including phenoxy) is 1. The van der Waals surface area contributed by atoms with E-state index in [2.05, 4.69) is 12.2 Å². The summed E-state index contributed by atoms with van der Waals surface area (Å²) in [5.74, 6) is 0.998. The van der Waals surface area contributed by atoms with E-state index in [1.807, 2.05) is 0 Å². The highest BCUT2D eigenvalue weighted by atomic mass is 16.5. The zero-order chi connectivity index (χ0) is 8.13. The molecule has 3 unspecified atom stereocenters. The van der Waals surface area contributed by atoms with Gasteiger partial charge in [-0.25, -0.2) is 0 Å². The van der Waals surface area contributed by atoms with E-state index in [0.717, 1.165) is 19.3 Å². The molecule has 1 saturated heterocycles. The highest BCUT2D eigenvalue weighted by Gasteiger charge is 2.45. The van der Waals surface area contributed by atoms with Gasteiger partial charge in [-0.05, 0) is 18.8 Å². The summed E-state index contributed by atoms with van der Waals surface area (Å²) < 4.78 is 5.82. The molecule has 2 nitrogen and oxygen atoms in total. The van der Waals surface area contributed by atoms with Crippen molar-refractivity contribution in [2.24, 2.45) is 11.8 Å². The summed E-state index contributed by atoms with van der Waals surface area (Å²) in [5, 5.41) is 9.84. The maximum atomic E-state index is 9.84.